The van der Waals surface area contributed by atoms with Gasteiger partial charge in [0.2, 0.25) is 82.7 Å². The van der Waals surface area contributed by atoms with Crippen molar-refractivity contribution in [1.82, 2.24) is 84.7 Å². The van der Waals surface area contributed by atoms with Gasteiger partial charge in [-0.1, -0.05) is 194 Å². The number of methoxy groups -OCH3 is 5. The molecule has 139 heavy (non-hydrogen) atoms. The first-order chi connectivity index (χ1) is 66.2. The molecular formula is C98H136N16O25. The third-order valence-electron chi connectivity index (χ3n) is 23.2. The van der Waals surface area contributed by atoms with Gasteiger partial charge in [0, 0.05) is 50.0 Å². The lowest BCUT2D eigenvalue weighted by atomic mass is 9.77. The number of para-hydroxylation sites is 1. The number of rotatable bonds is 40. The Labute approximate surface area is 808 Å². The maximum Gasteiger partial charge on any atom is 0.407 e. The zero-order valence-corrected chi connectivity index (χ0v) is 81.2. The number of ether oxygens (including phenoxy) is 6. The molecular weight excluding hydrogens is 1800 g/mol. The van der Waals surface area contributed by atoms with Crippen molar-refractivity contribution in [2.24, 2.45) is 11.8 Å². The SMILES string of the molecule is C=C1CC(C)C(NC(=O)C(CC(=O)OC)NC(=O)C(CC(=O)NC(c2ccccc2)(c2ccccc2)c2ccccc2)NC(=O)C(Cc2c[nH]c3ccccc23)NC(=O)CCCCCCCCC)C(=O)NCC(=O)NC(CCCNC(=O)OC(C)(C)C)C(=O)NC(CC(=O)OC)C(=O)NC(C)C(=O)NC(CC(=O)OC)C(=O)NCC(=O)NC(COC)C(=O)NC(CCC(=O)OC)C(=O)NC1C(C)CC. The summed E-state index contributed by atoms with van der Waals surface area (Å²) >= 11 is 0. The van der Waals surface area contributed by atoms with E-state index in [1.807, 2.05) is 12.1 Å². The van der Waals surface area contributed by atoms with Crippen LogP contribution >= 0.6 is 0 Å². The molecule has 2 heterocycles. The van der Waals surface area contributed by atoms with E-state index < -0.39 is 267 Å². The van der Waals surface area contributed by atoms with Gasteiger partial charge in [0.15, 0.2) is 0 Å². The standard InChI is InChI=1S/C98H136N16O25/c1-15-17-18-19-20-21-31-44-76(115)105-70(49-62-54-100-67-42-33-32-41-66(62)67)91(128)109-71(50-77(116)114-98(63-35-25-22-26-36-63,64-37-27-23-28-38-64)65-39-29-24-30-40-65)92(129)111-74(53-83(122)138-14)93(130)113-85-60(5)48-59(4)84(58(3)16-2)112-89(126)69(45-46-80(119)135-11)107-94(131)75(57-134-10)106-79(118)55-101-87(124)72(51-81(120)136-12)108-86(123)61(6)103-90(127)73(52-82(121)137-13)110-88(125)68(104-78(117)56-102-95(85)132)43-34-47-99-96(133)139-97(7,8)9/h22-30,32-33,35-42,54,58,60-61,68-75,84-85,100H,4,15-21,31,34,43-53,55-57H2,1-3,5-14H3,(H,99,133)(H,101,124)(H,102,132)(H,103,127)(H,104,117)(H,105,115)(H,106,118)(H,107,131)(H,108,123)(H,109,128)(H,110,125)(H,111,129)(H,112,126)(H,113,130)(H,114,116). The van der Waals surface area contributed by atoms with Gasteiger partial charge in [-0.3, -0.25) is 86.3 Å². The van der Waals surface area contributed by atoms with Crippen LogP contribution in [0.2, 0.25) is 0 Å². The molecule has 1 saturated heterocycles. The molecule has 15 amide bonds. The van der Waals surface area contributed by atoms with Crippen molar-refractivity contribution in [2.75, 3.05) is 61.8 Å². The molecule has 41 nitrogen and oxygen atoms in total. The lowest BCUT2D eigenvalue weighted by molar-refractivity contribution is -0.145. The number of nitrogens with one attached hydrogen (secondary N) is 16. The third kappa shape index (κ3) is 37.4. The molecule has 16 N–H and O–H groups in total. The average molecular weight is 1940 g/mol. The minimum absolute atomic E-state index is 0.0141. The number of hydrogen-bond donors (Lipinski definition) is 16. The predicted molar refractivity (Wildman–Crippen MR) is 508 cm³/mol. The topological polar surface area (TPSA) is 576 Å². The van der Waals surface area contributed by atoms with E-state index >= 15 is 28.8 Å². The third-order valence-corrected chi connectivity index (χ3v) is 23.2. The summed E-state index contributed by atoms with van der Waals surface area (Å²) in [5.74, 6) is -21.1. The van der Waals surface area contributed by atoms with E-state index in [2.05, 4.69) is 98.2 Å². The summed E-state index contributed by atoms with van der Waals surface area (Å²) in [6.45, 7) is 14.4. The summed E-state index contributed by atoms with van der Waals surface area (Å²) in [6, 6.07) is 14.7. The maximum atomic E-state index is 15.9. The average Bonchev–Trinajstić information content (AvgIpc) is 0.933. The highest BCUT2D eigenvalue weighted by Gasteiger charge is 2.43. The number of H-pyrrole nitrogens is 1. The van der Waals surface area contributed by atoms with Crippen LogP contribution in [0.5, 0.6) is 0 Å². The van der Waals surface area contributed by atoms with Crippen molar-refractivity contribution in [3.05, 3.63) is 156 Å². The van der Waals surface area contributed by atoms with Crippen molar-refractivity contribution >= 4 is 124 Å². The van der Waals surface area contributed by atoms with Gasteiger partial charge in [0.25, 0.3) is 0 Å². The second-order valence-corrected chi connectivity index (χ2v) is 35.0. The molecule has 13 atom stereocenters. The van der Waals surface area contributed by atoms with Crippen LogP contribution in [0.25, 0.3) is 10.9 Å². The van der Waals surface area contributed by atoms with Gasteiger partial charge < -0.3 is 113 Å². The summed E-state index contributed by atoms with van der Waals surface area (Å²) in [5.41, 5.74) is 0.565. The van der Waals surface area contributed by atoms with Gasteiger partial charge in [-0.05, 0) is 100.0 Å². The van der Waals surface area contributed by atoms with Gasteiger partial charge in [0.1, 0.15) is 71.6 Å². The Hall–Kier alpha value is -14.1. The number of fused-ring (bicyclic) bond motifs is 1. The van der Waals surface area contributed by atoms with E-state index in [0.29, 0.717) is 46.0 Å². The van der Waals surface area contributed by atoms with E-state index in [0.717, 1.165) is 67.5 Å². The fraction of sp³-hybridized carbons (Fsp3) is 0.520. The van der Waals surface area contributed by atoms with E-state index in [1.165, 1.54) is 14.0 Å². The van der Waals surface area contributed by atoms with Crippen molar-refractivity contribution in [2.45, 2.75) is 255 Å². The molecule has 0 saturated carbocycles. The molecule has 0 aliphatic carbocycles. The van der Waals surface area contributed by atoms with Gasteiger partial charge in [-0.15, -0.1) is 0 Å². The smallest absolute Gasteiger partial charge is 0.407 e. The first kappa shape index (κ1) is 114. The Morgan fingerprint density at radius 1 is 0.482 bits per heavy atom. The molecule has 0 bridgehead atoms. The van der Waals surface area contributed by atoms with Crippen LogP contribution in [-0.2, 0) is 127 Å². The van der Waals surface area contributed by atoms with Crippen LogP contribution in [0, 0.1) is 11.8 Å². The highest BCUT2D eigenvalue weighted by atomic mass is 16.6. The van der Waals surface area contributed by atoms with Crippen LogP contribution in [0.15, 0.2) is 134 Å². The fourth-order valence-electron chi connectivity index (χ4n) is 15.5. The molecule has 13 unspecified atom stereocenters. The normalized spacial score (nSPS) is 19.7. The second kappa shape index (κ2) is 57.8. The predicted octanol–water partition coefficient (Wildman–Crippen LogP) is 3.17. The first-order valence-electron chi connectivity index (χ1n) is 46.5. The van der Waals surface area contributed by atoms with Crippen LogP contribution < -0.4 is 79.8 Å². The molecule has 1 aliphatic rings. The van der Waals surface area contributed by atoms with Crippen molar-refractivity contribution in [3.8, 4) is 0 Å². The Bertz CT molecular complexity index is 4930. The number of esters is 4. The molecule has 6 rings (SSSR count). The van der Waals surface area contributed by atoms with E-state index in [-0.39, 0.29) is 44.2 Å². The van der Waals surface area contributed by atoms with Crippen molar-refractivity contribution < 1.29 is 120 Å². The summed E-state index contributed by atoms with van der Waals surface area (Å²) < 4.78 is 30.2. The van der Waals surface area contributed by atoms with Gasteiger partial charge >= 0.3 is 30.0 Å². The zero-order chi connectivity index (χ0) is 102. The molecule has 758 valence electrons. The number of hydrogen-bond acceptors (Lipinski definition) is 25. The Morgan fingerprint density at radius 3 is 1.53 bits per heavy atom. The number of carbonyl (C=O) groups excluding carboxylic acids is 19. The van der Waals surface area contributed by atoms with Crippen LogP contribution in [0.3, 0.4) is 0 Å². The largest absolute Gasteiger partial charge is 0.469 e. The Balaban J connectivity index is 1.51. The molecule has 0 spiro atoms. The van der Waals surface area contributed by atoms with Crippen molar-refractivity contribution in [1.29, 1.82) is 0 Å². The number of aromatic nitrogens is 1. The van der Waals surface area contributed by atoms with Crippen molar-refractivity contribution in [3.63, 3.8) is 0 Å². The van der Waals surface area contributed by atoms with Gasteiger partial charge in [0.05, 0.1) is 79.9 Å². The number of carbonyl (C=O) groups is 19. The monoisotopic (exact) mass is 1940 g/mol. The Morgan fingerprint density at radius 2 is 0.971 bits per heavy atom. The lowest BCUT2D eigenvalue weighted by Gasteiger charge is -2.37. The summed E-state index contributed by atoms with van der Waals surface area (Å²) in [5, 5.41) is 39.1. The lowest BCUT2D eigenvalue weighted by Crippen LogP contribution is -2.61. The second-order valence-electron chi connectivity index (χ2n) is 35.0. The highest BCUT2D eigenvalue weighted by Crippen LogP contribution is 2.37. The molecule has 5 aromatic rings. The summed E-state index contributed by atoms with van der Waals surface area (Å²) in [7, 11) is 5.15. The molecule has 0 radical (unpaired) electrons. The van der Waals surface area contributed by atoms with E-state index in [4.69, 9.17) is 28.4 Å². The minimum Gasteiger partial charge on any atom is -0.469 e. The quantitative estimate of drug-likeness (QED) is 0.00880. The number of alkyl carbamates (subject to hydrolysis) is 1. The number of aromatic amines is 1. The van der Waals surface area contributed by atoms with Crippen LogP contribution in [-0.4, -0.2) is 252 Å². The maximum absolute atomic E-state index is 15.9. The van der Waals surface area contributed by atoms with Gasteiger partial charge in [-0.2, -0.15) is 0 Å². The molecule has 41 heteroatoms. The summed E-state index contributed by atoms with van der Waals surface area (Å²) in [4.78, 5) is 276. The van der Waals surface area contributed by atoms with Gasteiger partial charge in [-0.25, -0.2) is 4.79 Å². The fourth-order valence-corrected chi connectivity index (χ4v) is 15.5. The zero-order valence-electron chi connectivity index (χ0n) is 81.2. The molecule has 1 fully saturated rings. The molecule has 1 aromatic heterocycles. The highest BCUT2D eigenvalue weighted by molar-refractivity contribution is 6.02. The Kier molecular flexibility index (Phi) is 47.2. The van der Waals surface area contributed by atoms with Crippen LogP contribution in [0.1, 0.15) is 193 Å². The number of amides is 15. The van der Waals surface area contributed by atoms with Crippen LogP contribution in [0.4, 0.5) is 4.79 Å². The van der Waals surface area contributed by atoms with E-state index in [1.54, 1.807) is 144 Å². The number of benzene rings is 4. The first-order valence-corrected chi connectivity index (χ1v) is 46.5. The number of unbranched alkanes of at least 4 members (excludes halogenated alkanes) is 6. The summed E-state index contributed by atoms with van der Waals surface area (Å²) in [6.07, 6.45) is 1.46. The van der Waals surface area contributed by atoms with E-state index in [9.17, 15) is 62.3 Å². The minimum atomic E-state index is -2.12. The molecule has 1 aliphatic heterocycles. The molecule has 4 aromatic carbocycles.